The highest BCUT2D eigenvalue weighted by Crippen LogP contribution is 2.07. The van der Waals surface area contributed by atoms with Crippen LogP contribution in [-0.4, -0.2) is 5.17 Å². The van der Waals surface area contributed by atoms with Crippen LogP contribution in [0.25, 0.3) is 0 Å². The van der Waals surface area contributed by atoms with Crippen LogP contribution in [-0.2, 0) is 0 Å². The maximum Gasteiger partial charge on any atom is 0.133 e. The molecule has 0 aromatic carbocycles. The molecule has 1 nitrogen and oxygen atoms in total. The number of hydrogen-bond donors (Lipinski definition) is 0. The molecule has 0 spiro atoms. The summed E-state index contributed by atoms with van der Waals surface area (Å²) in [4.78, 5) is 3.73. The summed E-state index contributed by atoms with van der Waals surface area (Å²) in [7, 11) is 0. The average molecular weight is 222 g/mol. The summed E-state index contributed by atoms with van der Waals surface area (Å²) in [6.07, 6.45) is 3.10. The molecule has 0 rings (SSSR count). The van der Waals surface area contributed by atoms with Gasteiger partial charge in [-0.2, -0.15) is 0 Å². The second-order valence-electron chi connectivity index (χ2n) is 2.46. The van der Waals surface area contributed by atoms with Crippen molar-refractivity contribution in [2.24, 2.45) is 4.99 Å². The Balaban J connectivity index is 0. The first-order valence-corrected chi connectivity index (χ1v) is 4.96. The topological polar surface area (TPSA) is 12.4 Å². The summed E-state index contributed by atoms with van der Waals surface area (Å²) < 4.78 is 0. The van der Waals surface area contributed by atoms with Gasteiger partial charge in [-0.3, -0.25) is 0 Å². The Morgan fingerprint density at radius 1 is 1.38 bits per heavy atom. The summed E-state index contributed by atoms with van der Waals surface area (Å²) in [5, 5.41) is 0.591. The van der Waals surface area contributed by atoms with E-state index in [9.17, 15) is 0 Å². The smallest absolute Gasteiger partial charge is 0.133 e. The van der Waals surface area contributed by atoms with Crippen LogP contribution in [0.4, 0.5) is 0 Å². The first-order chi connectivity index (χ1) is 5.99. The number of aliphatic imine (C=N–C) groups is 1. The number of allylic oxidation sites excluding steroid dienone is 2. The van der Waals surface area contributed by atoms with E-state index in [-0.39, 0.29) is 5.16 Å². The Hall–Kier alpha value is -0.270. The lowest BCUT2D eigenvalue weighted by Gasteiger charge is -1.93. The number of halogens is 2. The van der Waals surface area contributed by atoms with Gasteiger partial charge in [-0.1, -0.05) is 56.1 Å². The van der Waals surface area contributed by atoms with Crippen LogP contribution in [0.2, 0.25) is 0 Å². The SMILES string of the molecule is C=C(Cl)/N=C(Cl)\C(C)=C/C.CCC. The molecule has 0 amide bonds. The third-order valence-electron chi connectivity index (χ3n) is 0.978. The molecule has 76 valence electrons. The van der Waals surface area contributed by atoms with Crippen LogP contribution in [0.1, 0.15) is 34.1 Å². The third kappa shape index (κ3) is 11.7. The van der Waals surface area contributed by atoms with Crippen LogP contribution >= 0.6 is 23.2 Å². The molecular weight excluding hydrogens is 205 g/mol. The van der Waals surface area contributed by atoms with Gasteiger partial charge in [0.05, 0.1) is 0 Å². The highest BCUT2D eigenvalue weighted by Gasteiger charge is 1.94. The van der Waals surface area contributed by atoms with Crippen molar-refractivity contribution in [1.29, 1.82) is 0 Å². The lowest BCUT2D eigenvalue weighted by molar-refractivity contribution is 1.09. The fourth-order valence-electron chi connectivity index (χ4n) is 0.314. The van der Waals surface area contributed by atoms with Crippen molar-refractivity contribution < 1.29 is 0 Å². The number of rotatable bonds is 2. The van der Waals surface area contributed by atoms with E-state index < -0.39 is 0 Å². The molecule has 0 aliphatic carbocycles. The lowest BCUT2D eigenvalue weighted by atomic mass is 10.3. The van der Waals surface area contributed by atoms with Gasteiger partial charge in [0.2, 0.25) is 0 Å². The van der Waals surface area contributed by atoms with E-state index >= 15 is 0 Å². The summed E-state index contributed by atoms with van der Waals surface area (Å²) in [6, 6.07) is 0. The van der Waals surface area contributed by atoms with Crippen molar-refractivity contribution in [3.63, 3.8) is 0 Å². The highest BCUT2D eigenvalue weighted by molar-refractivity contribution is 6.69. The van der Waals surface area contributed by atoms with Gasteiger partial charge in [0.15, 0.2) is 0 Å². The van der Waals surface area contributed by atoms with Crippen LogP contribution in [0, 0.1) is 0 Å². The van der Waals surface area contributed by atoms with Crippen molar-refractivity contribution in [3.8, 4) is 0 Å². The van der Waals surface area contributed by atoms with E-state index in [1.165, 1.54) is 6.42 Å². The van der Waals surface area contributed by atoms with Crippen molar-refractivity contribution >= 4 is 28.4 Å². The molecule has 0 bridgehead atoms. The lowest BCUT2D eigenvalue weighted by Crippen LogP contribution is -1.87. The molecule has 3 heteroatoms. The zero-order valence-electron chi connectivity index (χ0n) is 8.69. The molecule has 0 aromatic rings. The van der Waals surface area contributed by atoms with Gasteiger partial charge in [0.25, 0.3) is 0 Å². The molecule has 0 saturated carbocycles. The van der Waals surface area contributed by atoms with E-state index in [2.05, 4.69) is 25.4 Å². The third-order valence-corrected chi connectivity index (χ3v) is 1.45. The highest BCUT2D eigenvalue weighted by atomic mass is 35.5. The number of nitrogens with zero attached hydrogens (tertiary/aromatic N) is 1. The van der Waals surface area contributed by atoms with Gasteiger partial charge in [0.1, 0.15) is 10.3 Å². The molecular formula is C10H17Cl2N. The monoisotopic (exact) mass is 221 g/mol. The van der Waals surface area contributed by atoms with E-state index in [0.717, 1.165) is 5.57 Å². The fraction of sp³-hybridized carbons (Fsp3) is 0.500. The Morgan fingerprint density at radius 3 is 2.00 bits per heavy atom. The van der Waals surface area contributed by atoms with Gasteiger partial charge in [-0.05, 0) is 19.4 Å². The molecule has 0 heterocycles. The molecule has 0 unspecified atom stereocenters. The largest absolute Gasteiger partial charge is 0.225 e. The van der Waals surface area contributed by atoms with Crippen molar-refractivity contribution in [2.45, 2.75) is 34.1 Å². The van der Waals surface area contributed by atoms with E-state index in [0.29, 0.717) is 5.17 Å². The van der Waals surface area contributed by atoms with Crippen LogP contribution in [0.15, 0.2) is 28.4 Å². The minimum Gasteiger partial charge on any atom is -0.225 e. The average Bonchev–Trinajstić information content (AvgIpc) is 2.03. The van der Waals surface area contributed by atoms with E-state index in [4.69, 9.17) is 23.2 Å². The minimum atomic E-state index is 0.200. The molecule has 0 N–H and O–H groups in total. The molecule has 0 aromatic heterocycles. The maximum absolute atomic E-state index is 5.66. The van der Waals surface area contributed by atoms with E-state index in [1.807, 2.05) is 19.9 Å². The van der Waals surface area contributed by atoms with Gasteiger partial charge < -0.3 is 0 Å². The Morgan fingerprint density at radius 2 is 1.77 bits per heavy atom. The summed E-state index contributed by atoms with van der Waals surface area (Å²) in [6.45, 7) is 11.4. The fourth-order valence-corrected chi connectivity index (χ4v) is 0.653. The second-order valence-corrected chi connectivity index (χ2v) is 3.25. The van der Waals surface area contributed by atoms with Crippen molar-refractivity contribution in [3.05, 3.63) is 23.4 Å². The first-order valence-electron chi connectivity index (χ1n) is 4.21. The normalized spacial score (nSPS) is 11.8. The Bertz CT molecular complexity index is 205. The Kier molecular flexibility index (Phi) is 11.5. The molecule has 0 saturated heterocycles. The van der Waals surface area contributed by atoms with Crippen LogP contribution in [0.3, 0.4) is 0 Å². The maximum atomic E-state index is 5.66. The molecule has 0 aliphatic heterocycles. The zero-order chi connectivity index (χ0) is 10.9. The van der Waals surface area contributed by atoms with Crippen LogP contribution in [0.5, 0.6) is 0 Å². The second kappa shape index (κ2) is 9.82. The summed E-state index contributed by atoms with van der Waals surface area (Å²) >= 11 is 11.0. The van der Waals surface area contributed by atoms with Crippen LogP contribution < -0.4 is 0 Å². The zero-order valence-corrected chi connectivity index (χ0v) is 10.2. The first kappa shape index (κ1) is 15.2. The molecule has 0 aliphatic rings. The molecule has 13 heavy (non-hydrogen) atoms. The quantitative estimate of drug-likeness (QED) is 0.473. The Labute approximate surface area is 91.2 Å². The number of hydrogen-bond acceptors (Lipinski definition) is 1. The van der Waals surface area contributed by atoms with Gasteiger partial charge >= 0.3 is 0 Å². The molecule has 0 atom stereocenters. The standard InChI is InChI=1S/C7H9Cl2N.C3H8/c1-4-5(2)7(9)10-6(3)8;1-3-2/h4H,3H2,1-2H3;3H2,1-2H3/b5-4-,10-7+;. The predicted octanol–water partition coefficient (Wildman–Crippen LogP) is 4.72. The van der Waals surface area contributed by atoms with Gasteiger partial charge in [0, 0.05) is 0 Å². The van der Waals surface area contributed by atoms with E-state index in [1.54, 1.807) is 0 Å². The minimum absolute atomic E-state index is 0.200. The predicted molar refractivity (Wildman–Crippen MR) is 63.7 cm³/mol. The van der Waals surface area contributed by atoms with Gasteiger partial charge in [-0.25, -0.2) is 4.99 Å². The summed E-state index contributed by atoms with van der Waals surface area (Å²) in [5.41, 5.74) is 0.892. The van der Waals surface area contributed by atoms with Crippen molar-refractivity contribution in [2.75, 3.05) is 0 Å². The van der Waals surface area contributed by atoms with Gasteiger partial charge in [-0.15, -0.1) is 0 Å². The molecule has 0 fully saturated rings. The molecule has 0 radical (unpaired) electrons. The van der Waals surface area contributed by atoms with Crippen molar-refractivity contribution in [1.82, 2.24) is 0 Å². The summed E-state index contributed by atoms with van der Waals surface area (Å²) in [5.74, 6) is 0.